The second-order valence-electron chi connectivity index (χ2n) is 11.5. The second-order valence-corrected chi connectivity index (χ2v) is 11.5. The van der Waals surface area contributed by atoms with E-state index in [-0.39, 0.29) is 0 Å². The van der Waals surface area contributed by atoms with Crippen LogP contribution in [0.5, 0.6) is 0 Å². The molecule has 0 unspecified atom stereocenters. The number of nitrogens with zero attached hydrogens (tertiary/aromatic N) is 4. The van der Waals surface area contributed by atoms with Crippen LogP contribution in [-0.2, 0) is 13.1 Å². The maximum absolute atomic E-state index is 5.32. The molecule has 0 radical (unpaired) electrons. The first kappa shape index (κ1) is 27.8. The van der Waals surface area contributed by atoms with E-state index in [1.165, 1.54) is 43.6 Å². The monoisotopic (exact) mass is 574 g/mol. The zero-order chi connectivity index (χ0) is 29.9. The van der Waals surface area contributed by atoms with Gasteiger partial charge in [-0.15, -0.1) is 0 Å². The maximum atomic E-state index is 5.32. The van der Waals surface area contributed by atoms with Crippen molar-refractivity contribution >= 4 is 55.0 Å². The van der Waals surface area contributed by atoms with Gasteiger partial charge in [0.15, 0.2) is 0 Å². The van der Waals surface area contributed by atoms with Crippen LogP contribution in [-0.4, -0.2) is 9.13 Å². The summed E-state index contributed by atoms with van der Waals surface area (Å²) in [6.07, 6.45) is 4.46. The van der Waals surface area contributed by atoms with Crippen LogP contribution in [0.15, 0.2) is 131 Å². The number of hydrogen-bond acceptors (Lipinski definition) is 2. The number of aromatic nitrogens is 2. The van der Waals surface area contributed by atoms with Crippen molar-refractivity contribution in [2.75, 3.05) is 0 Å². The molecule has 0 saturated heterocycles. The van der Waals surface area contributed by atoms with Gasteiger partial charge in [-0.2, -0.15) is 0 Å². The van der Waals surface area contributed by atoms with Crippen molar-refractivity contribution in [1.82, 2.24) is 9.13 Å². The molecular formula is C40H38N4. The number of aryl methyl sites for hydroxylation is 2. The molecule has 4 heteroatoms. The van der Waals surface area contributed by atoms with Crippen LogP contribution in [0.25, 0.3) is 43.6 Å². The molecule has 0 bridgehead atoms. The molecule has 2 aromatic heterocycles. The minimum Gasteiger partial charge on any atom is -0.340 e. The Balaban J connectivity index is 1.73. The van der Waals surface area contributed by atoms with E-state index >= 15 is 0 Å². The standard InChI is InChI=1S/C40H38N4/c1-3-5-25-43-35-23-15-13-21-31(35)39(41-29-17-9-7-10-18-29)33-28-38-34(27-37(33)43)40(42-30-19-11-8-12-20-30)32-22-14-16-24-36(32)44(38)26-6-4-2/h7-24,27-28H,3-6,25-26H2,1-2H3. The molecule has 0 fully saturated rings. The molecule has 44 heavy (non-hydrogen) atoms. The first-order chi connectivity index (χ1) is 21.8. The SMILES string of the molecule is CCCCn1c2ccccc2c(=Nc2ccccc2)c2cc3c(cc21)c(=Nc1ccccc1)c1ccccc1n3CCCC. The fraction of sp³-hybridized carbons (Fsp3) is 0.200. The summed E-state index contributed by atoms with van der Waals surface area (Å²) in [4.78, 5) is 10.6. The van der Waals surface area contributed by atoms with Crippen LogP contribution in [0.3, 0.4) is 0 Å². The molecular weight excluding hydrogens is 536 g/mol. The minimum absolute atomic E-state index is 0.944. The van der Waals surface area contributed by atoms with Gasteiger partial charge >= 0.3 is 0 Å². The number of benzene rings is 5. The molecule has 0 atom stereocenters. The summed E-state index contributed by atoms with van der Waals surface area (Å²) in [6, 6.07) is 43.0. The third-order valence-corrected chi connectivity index (χ3v) is 8.57. The first-order valence-electron chi connectivity index (χ1n) is 16.0. The quantitative estimate of drug-likeness (QED) is 0.162. The molecule has 0 aliphatic heterocycles. The topological polar surface area (TPSA) is 34.6 Å². The lowest BCUT2D eigenvalue weighted by atomic mass is 10.0. The molecule has 0 aliphatic rings. The fourth-order valence-corrected chi connectivity index (χ4v) is 6.39. The highest BCUT2D eigenvalue weighted by molar-refractivity contribution is 6.03. The van der Waals surface area contributed by atoms with Crippen molar-refractivity contribution in [2.45, 2.75) is 52.6 Å². The highest BCUT2D eigenvalue weighted by Gasteiger charge is 2.16. The van der Waals surface area contributed by atoms with E-state index in [1.54, 1.807) is 0 Å². The molecule has 4 nitrogen and oxygen atoms in total. The molecule has 0 spiro atoms. The Morgan fingerprint density at radius 2 is 0.818 bits per heavy atom. The van der Waals surface area contributed by atoms with Crippen molar-refractivity contribution in [3.05, 3.63) is 132 Å². The predicted octanol–water partition coefficient (Wildman–Crippen LogP) is 9.97. The van der Waals surface area contributed by atoms with Crippen molar-refractivity contribution in [2.24, 2.45) is 9.98 Å². The summed E-state index contributed by atoms with van der Waals surface area (Å²) < 4.78 is 5.02. The molecule has 2 heterocycles. The Morgan fingerprint density at radius 1 is 0.432 bits per heavy atom. The number of fused-ring (bicyclic) bond motifs is 4. The zero-order valence-electron chi connectivity index (χ0n) is 25.6. The highest BCUT2D eigenvalue weighted by atomic mass is 15.0. The number of pyridine rings is 2. The number of rotatable bonds is 8. The lowest BCUT2D eigenvalue weighted by Crippen LogP contribution is -2.17. The summed E-state index contributed by atoms with van der Waals surface area (Å²) in [5.74, 6) is 0. The van der Waals surface area contributed by atoms with Gasteiger partial charge in [-0.25, -0.2) is 9.98 Å². The summed E-state index contributed by atoms with van der Waals surface area (Å²) in [6.45, 7) is 6.41. The van der Waals surface area contributed by atoms with Crippen LogP contribution in [0.2, 0.25) is 0 Å². The van der Waals surface area contributed by atoms with E-state index in [4.69, 9.17) is 9.98 Å². The molecule has 0 saturated carbocycles. The van der Waals surface area contributed by atoms with Crippen molar-refractivity contribution < 1.29 is 0 Å². The average Bonchev–Trinajstić information content (AvgIpc) is 3.08. The molecule has 218 valence electrons. The van der Waals surface area contributed by atoms with Crippen LogP contribution in [0, 0.1) is 0 Å². The minimum atomic E-state index is 0.944. The van der Waals surface area contributed by atoms with E-state index < -0.39 is 0 Å². The van der Waals surface area contributed by atoms with Gasteiger partial charge in [0.25, 0.3) is 0 Å². The Kier molecular flexibility index (Phi) is 7.81. The average molecular weight is 575 g/mol. The van der Waals surface area contributed by atoms with E-state index in [0.717, 1.165) is 60.9 Å². The van der Waals surface area contributed by atoms with Crippen molar-refractivity contribution in [3.63, 3.8) is 0 Å². The zero-order valence-corrected chi connectivity index (χ0v) is 25.6. The third kappa shape index (κ3) is 5.11. The Bertz CT molecular complexity index is 2080. The van der Waals surface area contributed by atoms with Gasteiger partial charge in [-0.1, -0.05) is 99.5 Å². The van der Waals surface area contributed by atoms with Gasteiger partial charge in [0, 0.05) is 34.6 Å². The highest BCUT2D eigenvalue weighted by Crippen LogP contribution is 2.28. The van der Waals surface area contributed by atoms with Crippen LogP contribution in [0.1, 0.15) is 39.5 Å². The molecule has 7 aromatic rings. The summed E-state index contributed by atoms with van der Waals surface area (Å²) in [7, 11) is 0. The van der Waals surface area contributed by atoms with E-state index in [0.29, 0.717) is 0 Å². The van der Waals surface area contributed by atoms with Gasteiger partial charge in [-0.3, -0.25) is 0 Å². The van der Waals surface area contributed by atoms with Gasteiger partial charge in [0.2, 0.25) is 0 Å². The normalized spacial score (nSPS) is 12.7. The van der Waals surface area contributed by atoms with Crippen LogP contribution < -0.4 is 10.7 Å². The van der Waals surface area contributed by atoms with Crippen LogP contribution in [0.4, 0.5) is 11.4 Å². The van der Waals surface area contributed by atoms with E-state index in [1.807, 2.05) is 12.1 Å². The third-order valence-electron chi connectivity index (χ3n) is 8.57. The Labute approximate surface area is 258 Å². The van der Waals surface area contributed by atoms with Crippen molar-refractivity contribution in [3.8, 4) is 0 Å². The number of unbranched alkanes of at least 4 members (excludes halogenated alkanes) is 2. The molecule has 7 rings (SSSR count). The summed E-state index contributed by atoms with van der Waals surface area (Å²) in [5.41, 5.74) is 6.74. The smallest absolute Gasteiger partial charge is 0.0824 e. The van der Waals surface area contributed by atoms with Gasteiger partial charge < -0.3 is 9.13 Å². The number of para-hydroxylation sites is 4. The Hall–Kier alpha value is -4.96. The van der Waals surface area contributed by atoms with Gasteiger partial charge in [-0.05, 0) is 61.4 Å². The van der Waals surface area contributed by atoms with E-state index in [9.17, 15) is 0 Å². The molecule has 5 aromatic carbocycles. The molecule has 0 amide bonds. The summed E-state index contributed by atoms with van der Waals surface area (Å²) >= 11 is 0. The van der Waals surface area contributed by atoms with Gasteiger partial charge in [0.1, 0.15) is 0 Å². The molecule has 0 aliphatic carbocycles. The van der Waals surface area contributed by atoms with Gasteiger partial charge in [0.05, 0.1) is 44.2 Å². The maximum Gasteiger partial charge on any atom is 0.0824 e. The summed E-state index contributed by atoms with van der Waals surface area (Å²) in [5, 5.41) is 6.73. The Morgan fingerprint density at radius 3 is 1.23 bits per heavy atom. The largest absolute Gasteiger partial charge is 0.340 e. The second kappa shape index (κ2) is 12.3. The predicted molar refractivity (Wildman–Crippen MR) is 186 cm³/mol. The van der Waals surface area contributed by atoms with E-state index in [2.05, 4.69) is 132 Å². The molecule has 0 N–H and O–H groups in total. The first-order valence-corrected chi connectivity index (χ1v) is 16.0. The number of hydrogen-bond donors (Lipinski definition) is 0. The van der Waals surface area contributed by atoms with Crippen LogP contribution >= 0.6 is 0 Å². The lowest BCUT2D eigenvalue weighted by molar-refractivity contribution is 0.660. The van der Waals surface area contributed by atoms with Crippen molar-refractivity contribution in [1.29, 1.82) is 0 Å². The fourth-order valence-electron chi connectivity index (χ4n) is 6.39. The lowest BCUT2D eigenvalue weighted by Gasteiger charge is -2.20.